The van der Waals surface area contributed by atoms with Crippen LogP contribution in [0.25, 0.3) is 0 Å². The lowest BCUT2D eigenvalue weighted by Gasteiger charge is -2.13. The van der Waals surface area contributed by atoms with E-state index in [1.54, 1.807) is 25.3 Å². The standard InChI is InChI=1S/C20H24O4/c1-3-4-12-23-20-14-17(15-21)7-10-19(20)24-13-11-16-5-8-18(22-2)9-6-16/h5-10,14-15H,3-4,11-13H2,1-2H3. The topological polar surface area (TPSA) is 44.8 Å². The highest BCUT2D eigenvalue weighted by Crippen LogP contribution is 2.28. The van der Waals surface area contributed by atoms with Gasteiger partial charge in [0.25, 0.3) is 0 Å². The highest BCUT2D eigenvalue weighted by atomic mass is 16.5. The first-order valence-corrected chi connectivity index (χ1v) is 8.24. The van der Waals surface area contributed by atoms with Gasteiger partial charge in [0.15, 0.2) is 11.5 Å². The number of unbranched alkanes of at least 4 members (excludes halogenated alkanes) is 1. The lowest BCUT2D eigenvalue weighted by molar-refractivity contribution is 0.112. The molecule has 0 fully saturated rings. The summed E-state index contributed by atoms with van der Waals surface area (Å²) in [6.07, 6.45) is 3.62. The van der Waals surface area contributed by atoms with Gasteiger partial charge < -0.3 is 14.2 Å². The van der Waals surface area contributed by atoms with E-state index in [0.29, 0.717) is 30.3 Å². The molecule has 2 aromatic rings. The Balaban J connectivity index is 1.95. The molecule has 0 unspecified atom stereocenters. The SMILES string of the molecule is CCCCOc1cc(C=O)ccc1OCCc1ccc(OC)cc1. The molecule has 2 rings (SSSR count). The Kier molecular flexibility index (Phi) is 7.15. The third-order valence-electron chi connectivity index (χ3n) is 3.67. The Morgan fingerprint density at radius 2 is 1.71 bits per heavy atom. The number of carbonyl (C=O) groups is 1. The summed E-state index contributed by atoms with van der Waals surface area (Å²) in [7, 11) is 1.65. The maximum atomic E-state index is 10.9. The third kappa shape index (κ3) is 5.30. The summed E-state index contributed by atoms with van der Waals surface area (Å²) in [5, 5.41) is 0. The van der Waals surface area contributed by atoms with E-state index in [1.165, 1.54) is 5.56 Å². The number of carbonyl (C=O) groups excluding carboxylic acids is 1. The highest BCUT2D eigenvalue weighted by molar-refractivity contribution is 5.76. The predicted molar refractivity (Wildman–Crippen MR) is 94.4 cm³/mol. The predicted octanol–water partition coefficient (Wildman–Crippen LogP) is 4.31. The van der Waals surface area contributed by atoms with Crippen molar-refractivity contribution < 1.29 is 19.0 Å². The van der Waals surface area contributed by atoms with Gasteiger partial charge in [-0.15, -0.1) is 0 Å². The van der Waals surface area contributed by atoms with Crippen molar-refractivity contribution in [1.29, 1.82) is 0 Å². The zero-order valence-corrected chi connectivity index (χ0v) is 14.3. The van der Waals surface area contributed by atoms with E-state index in [0.717, 1.165) is 31.3 Å². The van der Waals surface area contributed by atoms with Crippen molar-refractivity contribution in [2.75, 3.05) is 20.3 Å². The number of aldehydes is 1. The van der Waals surface area contributed by atoms with Crippen LogP contribution in [0.15, 0.2) is 42.5 Å². The second-order valence-electron chi connectivity index (χ2n) is 5.47. The van der Waals surface area contributed by atoms with E-state index in [4.69, 9.17) is 14.2 Å². The quantitative estimate of drug-likeness (QED) is 0.481. The molecule has 0 saturated carbocycles. The molecule has 4 nitrogen and oxygen atoms in total. The number of hydrogen-bond donors (Lipinski definition) is 0. The number of hydrogen-bond acceptors (Lipinski definition) is 4. The summed E-state index contributed by atoms with van der Waals surface area (Å²) in [5.41, 5.74) is 1.76. The summed E-state index contributed by atoms with van der Waals surface area (Å²) in [5.74, 6) is 2.14. The van der Waals surface area contributed by atoms with E-state index < -0.39 is 0 Å². The average molecular weight is 328 g/mol. The Labute approximate surface area is 143 Å². The second-order valence-corrected chi connectivity index (χ2v) is 5.47. The fourth-order valence-electron chi connectivity index (χ4n) is 2.23. The summed E-state index contributed by atoms with van der Waals surface area (Å²) in [6.45, 7) is 3.27. The van der Waals surface area contributed by atoms with E-state index in [9.17, 15) is 4.79 Å². The minimum Gasteiger partial charge on any atom is -0.497 e. The van der Waals surface area contributed by atoms with Gasteiger partial charge in [-0.1, -0.05) is 25.5 Å². The monoisotopic (exact) mass is 328 g/mol. The third-order valence-corrected chi connectivity index (χ3v) is 3.67. The van der Waals surface area contributed by atoms with Crippen LogP contribution in [-0.4, -0.2) is 26.6 Å². The number of ether oxygens (including phenoxy) is 3. The molecule has 0 atom stereocenters. The van der Waals surface area contributed by atoms with Crippen molar-refractivity contribution >= 4 is 6.29 Å². The van der Waals surface area contributed by atoms with Crippen LogP contribution in [0.5, 0.6) is 17.2 Å². The minimum atomic E-state index is 0.539. The van der Waals surface area contributed by atoms with Crippen LogP contribution in [0.3, 0.4) is 0 Å². The fraction of sp³-hybridized carbons (Fsp3) is 0.350. The molecule has 4 heteroatoms. The van der Waals surface area contributed by atoms with Crippen molar-refractivity contribution in [1.82, 2.24) is 0 Å². The molecule has 0 bridgehead atoms. The number of rotatable bonds is 10. The molecule has 24 heavy (non-hydrogen) atoms. The molecular weight excluding hydrogens is 304 g/mol. The molecule has 0 heterocycles. The highest BCUT2D eigenvalue weighted by Gasteiger charge is 2.07. The first-order valence-electron chi connectivity index (χ1n) is 8.24. The van der Waals surface area contributed by atoms with E-state index in [2.05, 4.69) is 6.92 Å². The maximum absolute atomic E-state index is 10.9. The minimum absolute atomic E-state index is 0.539. The zero-order chi connectivity index (χ0) is 17.2. The van der Waals surface area contributed by atoms with Gasteiger partial charge in [0.2, 0.25) is 0 Å². The first-order chi connectivity index (χ1) is 11.8. The first kappa shape index (κ1) is 17.9. The molecule has 0 amide bonds. The Morgan fingerprint density at radius 3 is 2.38 bits per heavy atom. The van der Waals surface area contributed by atoms with Gasteiger partial charge in [-0.25, -0.2) is 0 Å². The Hall–Kier alpha value is -2.49. The van der Waals surface area contributed by atoms with Crippen LogP contribution < -0.4 is 14.2 Å². The zero-order valence-electron chi connectivity index (χ0n) is 14.3. The molecule has 0 saturated heterocycles. The van der Waals surface area contributed by atoms with Crippen molar-refractivity contribution in [3.63, 3.8) is 0 Å². The number of methoxy groups -OCH3 is 1. The molecule has 0 aliphatic rings. The van der Waals surface area contributed by atoms with Crippen molar-refractivity contribution in [3.05, 3.63) is 53.6 Å². The fourth-order valence-corrected chi connectivity index (χ4v) is 2.23. The van der Waals surface area contributed by atoms with Crippen LogP contribution >= 0.6 is 0 Å². The molecule has 0 N–H and O–H groups in total. The second kappa shape index (κ2) is 9.60. The van der Waals surface area contributed by atoms with Crippen LogP contribution in [0, 0.1) is 0 Å². The van der Waals surface area contributed by atoms with Crippen molar-refractivity contribution in [2.24, 2.45) is 0 Å². The smallest absolute Gasteiger partial charge is 0.161 e. The summed E-state index contributed by atoms with van der Waals surface area (Å²) in [4.78, 5) is 10.9. The van der Waals surface area contributed by atoms with Gasteiger partial charge >= 0.3 is 0 Å². The molecule has 0 aliphatic heterocycles. The summed E-state index contributed by atoms with van der Waals surface area (Å²) < 4.78 is 16.8. The average Bonchev–Trinajstić information content (AvgIpc) is 2.63. The normalized spacial score (nSPS) is 10.2. The molecule has 0 spiro atoms. The van der Waals surface area contributed by atoms with Crippen LogP contribution in [0.2, 0.25) is 0 Å². The molecule has 0 aromatic heterocycles. The van der Waals surface area contributed by atoms with Gasteiger partial charge in [0.1, 0.15) is 12.0 Å². The van der Waals surface area contributed by atoms with Gasteiger partial charge in [0.05, 0.1) is 20.3 Å². The Bertz CT molecular complexity index is 635. The molecule has 128 valence electrons. The molecule has 2 aromatic carbocycles. The lowest BCUT2D eigenvalue weighted by Crippen LogP contribution is -2.05. The van der Waals surface area contributed by atoms with Gasteiger partial charge in [-0.05, 0) is 42.3 Å². The lowest BCUT2D eigenvalue weighted by atomic mass is 10.1. The van der Waals surface area contributed by atoms with Crippen LogP contribution in [0.1, 0.15) is 35.7 Å². The largest absolute Gasteiger partial charge is 0.497 e. The molecule has 0 radical (unpaired) electrons. The summed E-state index contributed by atoms with van der Waals surface area (Å²) in [6, 6.07) is 13.2. The van der Waals surface area contributed by atoms with Crippen LogP contribution in [-0.2, 0) is 6.42 Å². The maximum Gasteiger partial charge on any atom is 0.161 e. The van der Waals surface area contributed by atoms with Gasteiger partial charge in [-0.3, -0.25) is 4.79 Å². The summed E-state index contributed by atoms with van der Waals surface area (Å²) >= 11 is 0. The van der Waals surface area contributed by atoms with E-state index in [1.807, 2.05) is 24.3 Å². The Morgan fingerprint density at radius 1 is 0.958 bits per heavy atom. The van der Waals surface area contributed by atoms with Crippen molar-refractivity contribution in [2.45, 2.75) is 26.2 Å². The van der Waals surface area contributed by atoms with E-state index in [-0.39, 0.29) is 0 Å². The molecular formula is C20H24O4. The van der Waals surface area contributed by atoms with Gasteiger partial charge in [0, 0.05) is 12.0 Å². The van der Waals surface area contributed by atoms with Crippen LogP contribution in [0.4, 0.5) is 0 Å². The van der Waals surface area contributed by atoms with E-state index >= 15 is 0 Å². The van der Waals surface area contributed by atoms with Gasteiger partial charge in [-0.2, -0.15) is 0 Å². The van der Waals surface area contributed by atoms with Crippen molar-refractivity contribution in [3.8, 4) is 17.2 Å². The number of benzene rings is 2. The molecule has 0 aliphatic carbocycles.